The SMILES string of the molecule is Cc1csc(CCNC2CC3CCC2(C)C3(C)C)n1. The Morgan fingerprint density at radius 1 is 1.42 bits per heavy atom. The van der Waals surface area contributed by atoms with Crippen LogP contribution in [-0.4, -0.2) is 17.6 Å². The summed E-state index contributed by atoms with van der Waals surface area (Å²) in [7, 11) is 0. The largest absolute Gasteiger partial charge is 0.313 e. The predicted molar refractivity (Wildman–Crippen MR) is 81.6 cm³/mol. The summed E-state index contributed by atoms with van der Waals surface area (Å²) in [5, 5.41) is 7.26. The number of fused-ring (bicyclic) bond motifs is 2. The van der Waals surface area contributed by atoms with Gasteiger partial charge >= 0.3 is 0 Å². The highest BCUT2D eigenvalue weighted by atomic mass is 32.1. The molecule has 1 aromatic heterocycles. The van der Waals surface area contributed by atoms with Crippen LogP contribution in [0.25, 0.3) is 0 Å². The van der Waals surface area contributed by atoms with E-state index >= 15 is 0 Å². The van der Waals surface area contributed by atoms with Crippen LogP contribution in [0.2, 0.25) is 0 Å². The molecule has 3 rings (SSSR count). The Bertz CT molecular complexity index is 465. The molecule has 3 atom stereocenters. The van der Waals surface area contributed by atoms with Gasteiger partial charge in [0.1, 0.15) is 0 Å². The van der Waals surface area contributed by atoms with Gasteiger partial charge in [0.15, 0.2) is 0 Å². The van der Waals surface area contributed by atoms with Gasteiger partial charge in [-0.25, -0.2) is 4.98 Å². The molecule has 0 saturated heterocycles. The van der Waals surface area contributed by atoms with Gasteiger partial charge in [-0.15, -0.1) is 11.3 Å². The summed E-state index contributed by atoms with van der Waals surface area (Å²) in [4.78, 5) is 4.55. The van der Waals surface area contributed by atoms with Crippen LogP contribution in [-0.2, 0) is 6.42 Å². The highest BCUT2D eigenvalue weighted by Crippen LogP contribution is 2.65. The Morgan fingerprint density at radius 3 is 2.74 bits per heavy atom. The molecular weight excluding hydrogens is 252 g/mol. The van der Waals surface area contributed by atoms with Gasteiger partial charge in [0.25, 0.3) is 0 Å². The number of aromatic nitrogens is 1. The van der Waals surface area contributed by atoms with Gasteiger partial charge in [-0.1, -0.05) is 20.8 Å². The van der Waals surface area contributed by atoms with Crippen molar-refractivity contribution in [3.05, 3.63) is 16.1 Å². The van der Waals surface area contributed by atoms with E-state index in [-0.39, 0.29) is 0 Å². The molecule has 2 bridgehead atoms. The Balaban J connectivity index is 1.57. The number of rotatable bonds is 4. The summed E-state index contributed by atoms with van der Waals surface area (Å²) < 4.78 is 0. The van der Waals surface area contributed by atoms with Crippen molar-refractivity contribution in [2.45, 2.75) is 59.4 Å². The second-order valence-corrected chi connectivity index (χ2v) is 8.19. The monoisotopic (exact) mass is 278 g/mol. The van der Waals surface area contributed by atoms with E-state index in [1.54, 1.807) is 11.3 Å². The highest BCUT2D eigenvalue weighted by molar-refractivity contribution is 7.09. The third-order valence-electron chi connectivity index (χ3n) is 6.19. The molecule has 3 heteroatoms. The third-order valence-corrected chi connectivity index (χ3v) is 7.22. The summed E-state index contributed by atoms with van der Waals surface area (Å²) in [6, 6.07) is 0.710. The van der Waals surface area contributed by atoms with Crippen LogP contribution in [0, 0.1) is 23.7 Å². The van der Waals surface area contributed by atoms with E-state index in [1.807, 2.05) is 0 Å². The lowest BCUT2D eigenvalue weighted by Gasteiger charge is -2.39. The van der Waals surface area contributed by atoms with Crippen LogP contribution in [0.1, 0.15) is 50.7 Å². The van der Waals surface area contributed by atoms with Crippen LogP contribution in [0.4, 0.5) is 0 Å². The van der Waals surface area contributed by atoms with Crippen molar-refractivity contribution < 1.29 is 0 Å². The number of hydrogen-bond acceptors (Lipinski definition) is 3. The first-order valence-electron chi connectivity index (χ1n) is 7.58. The van der Waals surface area contributed by atoms with Crippen molar-refractivity contribution in [1.29, 1.82) is 0 Å². The summed E-state index contributed by atoms with van der Waals surface area (Å²) in [5.74, 6) is 0.928. The molecule has 2 nitrogen and oxygen atoms in total. The van der Waals surface area contributed by atoms with Gasteiger partial charge in [-0.2, -0.15) is 0 Å². The molecule has 2 saturated carbocycles. The molecule has 2 fully saturated rings. The average Bonchev–Trinajstić information content (AvgIpc) is 2.90. The van der Waals surface area contributed by atoms with Crippen molar-refractivity contribution >= 4 is 11.3 Å². The normalized spacial score (nSPS) is 36.0. The maximum Gasteiger partial charge on any atom is 0.0940 e. The van der Waals surface area contributed by atoms with Gasteiger partial charge in [0.05, 0.1) is 5.01 Å². The molecule has 0 amide bonds. The lowest BCUT2D eigenvalue weighted by molar-refractivity contribution is 0.121. The van der Waals surface area contributed by atoms with E-state index in [0.717, 1.165) is 24.6 Å². The van der Waals surface area contributed by atoms with Crippen molar-refractivity contribution in [3.8, 4) is 0 Å². The van der Waals surface area contributed by atoms with Gasteiger partial charge in [0.2, 0.25) is 0 Å². The van der Waals surface area contributed by atoms with E-state index in [2.05, 4.69) is 43.4 Å². The zero-order valence-corrected chi connectivity index (χ0v) is 13.4. The highest BCUT2D eigenvalue weighted by Gasteiger charge is 2.60. The van der Waals surface area contributed by atoms with E-state index < -0.39 is 0 Å². The molecule has 106 valence electrons. The number of nitrogens with one attached hydrogen (secondary N) is 1. The average molecular weight is 278 g/mol. The first-order chi connectivity index (χ1) is 8.93. The molecule has 3 unspecified atom stereocenters. The quantitative estimate of drug-likeness (QED) is 0.906. The fourth-order valence-electron chi connectivity index (χ4n) is 4.38. The zero-order chi connectivity index (χ0) is 13.7. The third kappa shape index (κ3) is 2.06. The summed E-state index contributed by atoms with van der Waals surface area (Å²) in [6.45, 7) is 10.6. The van der Waals surface area contributed by atoms with Crippen molar-refractivity contribution in [2.24, 2.45) is 16.7 Å². The van der Waals surface area contributed by atoms with Crippen LogP contribution in [0.3, 0.4) is 0 Å². The van der Waals surface area contributed by atoms with E-state index in [9.17, 15) is 0 Å². The summed E-state index contributed by atoms with van der Waals surface area (Å²) in [5.41, 5.74) is 2.17. The van der Waals surface area contributed by atoms with Crippen molar-refractivity contribution in [3.63, 3.8) is 0 Å². The Hall–Kier alpha value is -0.410. The molecule has 1 N–H and O–H groups in total. The molecule has 2 aliphatic carbocycles. The number of nitrogens with zero attached hydrogens (tertiary/aromatic N) is 1. The van der Waals surface area contributed by atoms with E-state index in [4.69, 9.17) is 0 Å². The number of aryl methyl sites for hydroxylation is 1. The molecule has 0 spiro atoms. The molecule has 0 aliphatic heterocycles. The molecule has 19 heavy (non-hydrogen) atoms. The number of hydrogen-bond donors (Lipinski definition) is 1. The minimum absolute atomic E-state index is 0.496. The Kier molecular flexibility index (Phi) is 3.25. The van der Waals surface area contributed by atoms with Gasteiger partial charge in [-0.3, -0.25) is 0 Å². The minimum atomic E-state index is 0.496. The second-order valence-electron chi connectivity index (χ2n) is 7.25. The van der Waals surface area contributed by atoms with E-state index in [1.165, 1.54) is 24.3 Å². The first kappa shape index (κ1) is 13.6. The minimum Gasteiger partial charge on any atom is -0.313 e. The van der Waals surface area contributed by atoms with Crippen LogP contribution in [0.15, 0.2) is 5.38 Å². The first-order valence-corrected chi connectivity index (χ1v) is 8.46. The molecule has 0 radical (unpaired) electrons. The topological polar surface area (TPSA) is 24.9 Å². The Morgan fingerprint density at radius 2 is 2.21 bits per heavy atom. The predicted octanol–water partition coefficient (Wildman–Crippen LogP) is 3.80. The smallest absolute Gasteiger partial charge is 0.0940 e. The van der Waals surface area contributed by atoms with Crippen molar-refractivity contribution in [2.75, 3.05) is 6.54 Å². The second kappa shape index (κ2) is 4.56. The molecule has 1 heterocycles. The van der Waals surface area contributed by atoms with Gasteiger partial charge in [-0.05, 0) is 42.9 Å². The maximum atomic E-state index is 4.55. The molecule has 2 aliphatic rings. The summed E-state index contributed by atoms with van der Waals surface area (Å²) in [6.07, 6.45) is 5.29. The molecule has 1 aromatic rings. The number of thiazole rings is 1. The standard InChI is InChI=1S/C16H26N2S/c1-11-10-19-14(18-11)6-8-17-13-9-12-5-7-16(13,4)15(12,2)3/h10,12-13,17H,5-9H2,1-4H3. The van der Waals surface area contributed by atoms with Crippen molar-refractivity contribution in [1.82, 2.24) is 10.3 Å². The lowest BCUT2D eigenvalue weighted by Crippen LogP contribution is -2.45. The fraction of sp³-hybridized carbons (Fsp3) is 0.812. The van der Waals surface area contributed by atoms with Crippen LogP contribution >= 0.6 is 11.3 Å². The fourth-order valence-corrected chi connectivity index (χ4v) is 5.16. The maximum absolute atomic E-state index is 4.55. The molecular formula is C16H26N2S. The van der Waals surface area contributed by atoms with E-state index in [0.29, 0.717) is 16.9 Å². The van der Waals surface area contributed by atoms with Gasteiger partial charge in [0, 0.05) is 30.1 Å². The zero-order valence-electron chi connectivity index (χ0n) is 12.6. The van der Waals surface area contributed by atoms with Crippen LogP contribution in [0.5, 0.6) is 0 Å². The van der Waals surface area contributed by atoms with Gasteiger partial charge < -0.3 is 5.32 Å². The molecule has 0 aromatic carbocycles. The summed E-state index contributed by atoms with van der Waals surface area (Å²) >= 11 is 1.80. The Labute approximate surface area is 121 Å². The lowest BCUT2D eigenvalue weighted by atomic mass is 9.69. The van der Waals surface area contributed by atoms with Crippen LogP contribution < -0.4 is 5.32 Å².